The summed E-state index contributed by atoms with van der Waals surface area (Å²) in [7, 11) is 1.54. The first kappa shape index (κ1) is 14.1. The van der Waals surface area contributed by atoms with Crippen molar-refractivity contribution in [2.45, 2.75) is 6.42 Å². The van der Waals surface area contributed by atoms with Crippen molar-refractivity contribution in [3.05, 3.63) is 30.8 Å². The van der Waals surface area contributed by atoms with Gasteiger partial charge in [0.15, 0.2) is 12.2 Å². The number of anilines is 1. The summed E-state index contributed by atoms with van der Waals surface area (Å²) in [5.41, 5.74) is 1.35. The van der Waals surface area contributed by atoms with Crippen LogP contribution in [0, 0.1) is 5.92 Å². The van der Waals surface area contributed by atoms with Crippen LogP contribution >= 0.6 is 0 Å². The molecule has 1 aromatic heterocycles. The zero-order chi connectivity index (χ0) is 15.5. The van der Waals surface area contributed by atoms with Gasteiger partial charge >= 0.3 is 0 Å². The Morgan fingerprint density at radius 3 is 3.00 bits per heavy atom. The number of ether oxygens (including phenoxy) is 1. The highest BCUT2D eigenvalue weighted by Gasteiger charge is 2.28. The van der Waals surface area contributed by atoms with E-state index in [1.165, 1.54) is 6.39 Å². The van der Waals surface area contributed by atoms with E-state index >= 15 is 0 Å². The molecule has 7 nitrogen and oxygen atoms in total. The number of carbonyl (C=O) groups excluding carboxylic acids is 2. The van der Waals surface area contributed by atoms with Crippen molar-refractivity contribution < 1.29 is 18.7 Å². The van der Waals surface area contributed by atoms with E-state index < -0.39 is 0 Å². The molecule has 2 aromatic rings. The molecule has 1 aromatic carbocycles. The maximum Gasteiger partial charge on any atom is 0.229 e. The Kier molecular flexibility index (Phi) is 3.78. The Labute approximate surface area is 126 Å². The van der Waals surface area contributed by atoms with E-state index in [1.54, 1.807) is 31.5 Å². The largest absolute Gasteiger partial charge is 0.496 e. The first-order valence-corrected chi connectivity index (χ1v) is 6.82. The minimum atomic E-state index is -0.340. The van der Waals surface area contributed by atoms with E-state index in [1.807, 2.05) is 0 Å². The third kappa shape index (κ3) is 2.78. The minimum absolute atomic E-state index is 0.0987. The fourth-order valence-electron chi connectivity index (χ4n) is 2.36. The van der Waals surface area contributed by atoms with Crippen molar-refractivity contribution in [3.8, 4) is 17.1 Å². The average Bonchev–Trinajstić information content (AvgIpc) is 3.18. The van der Waals surface area contributed by atoms with Gasteiger partial charge in [0.2, 0.25) is 11.8 Å². The van der Waals surface area contributed by atoms with Crippen LogP contribution in [0.4, 0.5) is 5.69 Å². The average molecular weight is 301 g/mol. The molecular formula is C15H15N3O4. The number of carbonyl (C=O) groups is 2. The van der Waals surface area contributed by atoms with Gasteiger partial charge in [-0.1, -0.05) is 0 Å². The maximum atomic E-state index is 12.1. The summed E-state index contributed by atoms with van der Waals surface area (Å²) >= 11 is 0. The van der Waals surface area contributed by atoms with Gasteiger partial charge in [0.25, 0.3) is 0 Å². The molecule has 7 heteroatoms. The molecule has 22 heavy (non-hydrogen) atoms. The quantitative estimate of drug-likeness (QED) is 0.891. The highest BCUT2D eigenvalue weighted by atomic mass is 16.5. The first-order chi connectivity index (χ1) is 10.7. The molecule has 1 aliphatic rings. The van der Waals surface area contributed by atoms with Crippen molar-refractivity contribution >= 4 is 17.5 Å². The molecule has 2 amide bonds. The van der Waals surface area contributed by atoms with E-state index in [0.717, 1.165) is 5.56 Å². The van der Waals surface area contributed by atoms with Gasteiger partial charge in [0.1, 0.15) is 5.75 Å². The van der Waals surface area contributed by atoms with E-state index in [9.17, 15) is 9.59 Å². The van der Waals surface area contributed by atoms with Crippen LogP contribution in [-0.4, -0.2) is 30.5 Å². The Hall–Kier alpha value is -2.83. The number of nitrogens with zero attached hydrogens (tertiary/aromatic N) is 1. The predicted octanol–water partition coefficient (Wildman–Crippen LogP) is 1.42. The Morgan fingerprint density at radius 2 is 2.36 bits per heavy atom. The van der Waals surface area contributed by atoms with Crippen molar-refractivity contribution in [2.75, 3.05) is 19.0 Å². The summed E-state index contributed by atoms with van der Waals surface area (Å²) in [5, 5.41) is 5.44. The smallest absolute Gasteiger partial charge is 0.229 e. The van der Waals surface area contributed by atoms with Crippen LogP contribution in [0.5, 0.6) is 5.75 Å². The number of amides is 2. The Bertz CT molecular complexity index is 697. The molecule has 1 fully saturated rings. The SMILES string of the molecule is COc1cc(NC(=O)C2CNC(=O)C2)ccc1-c1cnco1. The summed E-state index contributed by atoms with van der Waals surface area (Å²) in [6.45, 7) is 0.373. The third-order valence-corrected chi connectivity index (χ3v) is 3.52. The molecule has 1 unspecified atom stereocenters. The zero-order valence-corrected chi connectivity index (χ0v) is 12.0. The first-order valence-electron chi connectivity index (χ1n) is 6.82. The number of aromatic nitrogens is 1. The number of rotatable bonds is 4. The van der Waals surface area contributed by atoms with Gasteiger partial charge in [-0.25, -0.2) is 4.98 Å². The lowest BCUT2D eigenvalue weighted by molar-refractivity contribution is -0.123. The molecule has 0 aliphatic carbocycles. The van der Waals surface area contributed by atoms with Crippen LogP contribution in [-0.2, 0) is 9.59 Å². The lowest BCUT2D eigenvalue weighted by Gasteiger charge is -2.12. The summed E-state index contributed by atoms with van der Waals surface area (Å²) in [6.07, 6.45) is 3.15. The lowest BCUT2D eigenvalue weighted by atomic mass is 10.1. The normalized spacial score (nSPS) is 17.1. The van der Waals surface area contributed by atoms with Gasteiger partial charge in [-0.15, -0.1) is 0 Å². The second kappa shape index (κ2) is 5.88. The van der Waals surface area contributed by atoms with Gasteiger partial charge in [0.05, 0.1) is 24.8 Å². The molecule has 1 aliphatic heterocycles. The molecule has 2 N–H and O–H groups in total. The van der Waals surface area contributed by atoms with Crippen molar-refractivity contribution in [1.29, 1.82) is 0 Å². The molecule has 1 atom stereocenters. The molecular weight excluding hydrogens is 286 g/mol. The molecule has 0 spiro atoms. The van der Waals surface area contributed by atoms with E-state index in [-0.39, 0.29) is 24.2 Å². The number of hydrogen-bond donors (Lipinski definition) is 2. The third-order valence-electron chi connectivity index (χ3n) is 3.52. The minimum Gasteiger partial charge on any atom is -0.496 e. The second-order valence-electron chi connectivity index (χ2n) is 4.98. The molecule has 114 valence electrons. The van der Waals surface area contributed by atoms with Gasteiger partial charge in [0, 0.05) is 24.7 Å². The number of benzene rings is 1. The highest BCUT2D eigenvalue weighted by molar-refractivity contribution is 5.97. The van der Waals surface area contributed by atoms with Crippen molar-refractivity contribution in [1.82, 2.24) is 10.3 Å². The second-order valence-corrected chi connectivity index (χ2v) is 4.98. The van der Waals surface area contributed by atoms with Crippen LogP contribution in [0.2, 0.25) is 0 Å². The number of methoxy groups -OCH3 is 1. The number of oxazole rings is 1. The molecule has 1 saturated heterocycles. The molecule has 0 saturated carbocycles. The standard InChI is InChI=1S/C15H15N3O4/c1-21-12-5-10(2-3-11(12)13-7-16-8-22-13)18-15(20)9-4-14(19)17-6-9/h2-3,5,7-9H,4,6H2,1H3,(H,17,19)(H,18,20). The van der Waals surface area contributed by atoms with Gasteiger partial charge in [-0.2, -0.15) is 0 Å². The molecule has 0 radical (unpaired) electrons. The van der Waals surface area contributed by atoms with Crippen molar-refractivity contribution in [3.63, 3.8) is 0 Å². The van der Waals surface area contributed by atoms with Gasteiger partial charge in [-0.05, 0) is 12.1 Å². The lowest BCUT2D eigenvalue weighted by Crippen LogP contribution is -2.24. The van der Waals surface area contributed by atoms with Gasteiger partial charge < -0.3 is 19.8 Å². The number of hydrogen-bond acceptors (Lipinski definition) is 5. The Morgan fingerprint density at radius 1 is 1.50 bits per heavy atom. The molecule has 0 bridgehead atoms. The zero-order valence-electron chi connectivity index (χ0n) is 12.0. The van der Waals surface area contributed by atoms with Gasteiger partial charge in [-0.3, -0.25) is 9.59 Å². The van der Waals surface area contributed by atoms with E-state index in [2.05, 4.69) is 15.6 Å². The topological polar surface area (TPSA) is 93.5 Å². The summed E-state index contributed by atoms with van der Waals surface area (Å²) in [5.74, 6) is 0.522. The van der Waals surface area contributed by atoms with Crippen LogP contribution < -0.4 is 15.4 Å². The summed E-state index contributed by atoms with van der Waals surface area (Å²) in [6, 6.07) is 5.25. The summed E-state index contributed by atoms with van der Waals surface area (Å²) < 4.78 is 10.6. The molecule has 2 heterocycles. The molecule has 3 rings (SSSR count). The monoisotopic (exact) mass is 301 g/mol. The number of nitrogens with one attached hydrogen (secondary N) is 2. The van der Waals surface area contributed by atoms with Crippen molar-refractivity contribution in [2.24, 2.45) is 5.92 Å². The maximum absolute atomic E-state index is 12.1. The predicted molar refractivity (Wildman–Crippen MR) is 78.2 cm³/mol. The van der Waals surface area contributed by atoms with E-state index in [4.69, 9.17) is 9.15 Å². The van der Waals surface area contributed by atoms with Crippen LogP contribution in [0.3, 0.4) is 0 Å². The van der Waals surface area contributed by atoms with E-state index in [0.29, 0.717) is 23.7 Å². The van der Waals surface area contributed by atoms with Crippen LogP contribution in [0.25, 0.3) is 11.3 Å². The van der Waals surface area contributed by atoms with Crippen LogP contribution in [0.1, 0.15) is 6.42 Å². The summed E-state index contributed by atoms with van der Waals surface area (Å²) in [4.78, 5) is 27.1. The fraction of sp³-hybridized carbons (Fsp3) is 0.267. The fourth-order valence-corrected chi connectivity index (χ4v) is 2.36. The highest BCUT2D eigenvalue weighted by Crippen LogP contribution is 2.32. The van der Waals surface area contributed by atoms with Crippen LogP contribution in [0.15, 0.2) is 35.2 Å². The Balaban J connectivity index is 1.78.